The van der Waals surface area contributed by atoms with Crippen molar-refractivity contribution < 1.29 is 5.11 Å². The summed E-state index contributed by atoms with van der Waals surface area (Å²) in [6.07, 6.45) is 6.87. The van der Waals surface area contributed by atoms with Crippen LogP contribution in [-0.2, 0) is 19.3 Å². The lowest BCUT2D eigenvalue weighted by molar-refractivity contribution is 0.178. The lowest BCUT2D eigenvalue weighted by Crippen LogP contribution is -2.03. The van der Waals surface area contributed by atoms with E-state index in [9.17, 15) is 5.11 Å². The molecule has 0 spiro atoms. The maximum Gasteiger partial charge on any atom is 0.0831 e. The summed E-state index contributed by atoms with van der Waals surface area (Å²) >= 11 is 6.08. The number of aliphatic hydroxyl groups is 1. The van der Waals surface area contributed by atoms with Crippen molar-refractivity contribution in [2.45, 2.75) is 31.8 Å². The number of hydrogen-bond acceptors (Lipinski definition) is 2. The van der Waals surface area contributed by atoms with E-state index in [1.807, 2.05) is 12.1 Å². The molecule has 3 rings (SSSR count). The second-order valence-electron chi connectivity index (χ2n) is 5.07. The van der Waals surface area contributed by atoms with Crippen LogP contribution in [0.15, 0.2) is 36.7 Å². The van der Waals surface area contributed by atoms with Crippen molar-refractivity contribution in [3.63, 3.8) is 0 Å². The molecule has 1 aliphatic rings. The summed E-state index contributed by atoms with van der Waals surface area (Å²) in [6.45, 7) is 0. The van der Waals surface area contributed by atoms with E-state index in [-0.39, 0.29) is 0 Å². The molecule has 0 aliphatic heterocycles. The molecule has 0 radical (unpaired) electrons. The molecule has 2 aromatic rings. The van der Waals surface area contributed by atoms with Crippen LogP contribution in [0, 0.1) is 0 Å². The van der Waals surface area contributed by atoms with E-state index in [4.69, 9.17) is 11.6 Å². The zero-order valence-electron chi connectivity index (χ0n) is 10.6. The fourth-order valence-corrected chi connectivity index (χ4v) is 2.89. The van der Waals surface area contributed by atoms with E-state index >= 15 is 0 Å². The molecule has 0 bridgehead atoms. The van der Waals surface area contributed by atoms with E-state index in [0.717, 1.165) is 17.5 Å². The molecule has 98 valence electrons. The van der Waals surface area contributed by atoms with Gasteiger partial charge in [-0.15, -0.1) is 0 Å². The molecule has 0 fully saturated rings. The zero-order valence-corrected chi connectivity index (χ0v) is 11.4. The first-order valence-electron chi connectivity index (χ1n) is 6.62. The summed E-state index contributed by atoms with van der Waals surface area (Å²) < 4.78 is 0. The number of pyridine rings is 1. The second-order valence-corrected chi connectivity index (χ2v) is 5.48. The fourth-order valence-electron chi connectivity index (χ4n) is 2.69. The van der Waals surface area contributed by atoms with Crippen molar-refractivity contribution in [2.75, 3.05) is 0 Å². The van der Waals surface area contributed by atoms with Gasteiger partial charge in [-0.3, -0.25) is 4.98 Å². The number of fused-ring (bicyclic) bond motifs is 1. The van der Waals surface area contributed by atoms with Gasteiger partial charge in [0.15, 0.2) is 0 Å². The highest BCUT2D eigenvalue weighted by Gasteiger charge is 2.15. The number of halogens is 1. The highest BCUT2D eigenvalue weighted by molar-refractivity contribution is 6.31. The molecule has 3 heteroatoms. The third-order valence-corrected chi connectivity index (χ3v) is 4.12. The molecule has 1 heterocycles. The molecule has 19 heavy (non-hydrogen) atoms. The van der Waals surface area contributed by atoms with Crippen molar-refractivity contribution in [3.05, 3.63) is 63.9 Å². The Balaban J connectivity index is 1.81. The largest absolute Gasteiger partial charge is 0.388 e. The number of rotatable bonds is 3. The van der Waals surface area contributed by atoms with Crippen molar-refractivity contribution in [3.8, 4) is 0 Å². The molecule has 1 unspecified atom stereocenters. The van der Waals surface area contributed by atoms with E-state index in [1.165, 1.54) is 24.0 Å². The Hall–Kier alpha value is -1.38. The molecule has 2 nitrogen and oxygen atoms in total. The van der Waals surface area contributed by atoms with Crippen LogP contribution in [0.3, 0.4) is 0 Å². The van der Waals surface area contributed by atoms with E-state index < -0.39 is 6.10 Å². The summed E-state index contributed by atoms with van der Waals surface area (Å²) in [4.78, 5) is 3.96. The summed E-state index contributed by atoms with van der Waals surface area (Å²) in [7, 11) is 0. The van der Waals surface area contributed by atoms with Gasteiger partial charge in [-0.2, -0.15) is 0 Å². The number of aryl methyl sites for hydroxylation is 2. The molecule has 1 aliphatic carbocycles. The average molecular weight is 274 g/mol. The van der Waals surface area contributed by atoms with Gasteiger partial charge in [0.25, 0.3) is 0 Å². The highest BCUT2D eigenvalue weighted by atomic mass is 35.5. The van der Waals surface area contributed by atoms with Crippen molar-refractivity contribution in [2.24, 2.45) is 0 Å². The fraction of sp³-hybridized carbons (Fsp3) is 0.312. The Kier molecular flexibility index (Phi) is 3.54. The van der Waals surface area contributed by atoms with E-state index in [2.05, 4.69) is 17.1 Å². The Morgan fingerprint density at radius 3 is 2.89 bits per heavy atom. The number of nitrogens with zero attached hydrogens (tertiary/aromatic N) is 1. The normalized spacial score (nSPS) is 15.3. The number of hydrogen-bond donors (Lipinski definition) is 1. The molecule has 1 aromatic heterocycles. The first-order chi connectivity index (χ1) is 9.24. The third-order valence-electron chi connectivity index (χ3n) is 3.78. The Morgan fingerprint density at radius 2 is 2.05 bits per heavy atom. The summed E-state index contributed by atoms with van der Waals surface area (Å²) in [6, 6.07) is 8.18. The average Bonchev–Trinajstić information content (AvgIpc) is 2.88. The highest BCUT2D eigenvalue weighted by Crippen LogP contribution is 2.28. The van der Waals surface area contributed by atoms with Gasteiger partial charge in [-0.1, -0.05) is 29.8 Å². The van der Waals surface area contributed by atoms with Crippen LogP contribution in [0.5, 0.6) is 0 Å². The van der Waals surface area contributed by atoms with Crippen molar-refractivity contribution in [1.29, 1.82) is 0 Å². The van der Waals surface area contributed by atoms with Crippen LogP contribution in [0.4, 0.5) is 0 Å². The van der Waals surface area contributed by atoms with Crippen LogP contribution in [0.1, 0.15) is 34.8 Å². The molecule has 0 saturated heterocycles. The first kappa shape index (κ1) is 12.6. The van der Waals surface area contributed by atoms with Crippen molar-refractivity contribution in [1.82, 2.24) is 4.98 Å². The number of aromatic nitrogens is 1. The van der Waals surface area contributed by atoms with Crippen LogP contribution in [-0.4, -0.2) is 10.1 Å². The van der Waals surface area contributed by atoms with Crippen LogP contribution >= 0.6 is 11.6 Å². The van der Waals surface area contributed by atoms with Gasteiger partial charge in [-0.05, 0) is 47.6 Å². The minimum atomic E-state index is -0.509. The van der Waals surface area contributed by atoms with Crippen molar-refractivity contribution >= 4 is 11.6 Å². The summed E-state index contributed by atoms with van der Waals surface area (Å²) in [5.74, 6) is 0. The molecule has 0 amide bonds. The van der Waals surface area contributed by atoms with E-state index in [1.54, 1.807) is 12.4 Å². The molecule has 1 N–H and O–H groups in total. The van der Waals surface area contributed by atoms with Gasteiger partial charge in [-0.25, -0.2) is 0 Å². The predicted octanol–water partition coefficient (Wildman–Crippen LogP) is 3.50. The van der Waals surface area contributed by atoms with Crippen LogP contribution in [0.2, 0.25) is 5.02 Å². The third kappa shape index (κ3) is 2.65. The van der Waals surface area contributed by atoms with Crippen LogP contribution < -0.4 is 0 Å². The monoisotopic (exact) mass is 273 g/mol. The molecule has 1 atom stereocenters. The van der Waals surface area contributed by atoms with Crippen LogP contribution in [0.25, 0.3) is 0 Å². The Bertz CT molecular complexity index is 597. The topological polar surface area (TPSA) is 33.1 Å². The number of aliphatic hydroxyl groups excluding tert-OH is 1. The Labute approximate surface area is 118 Å². The molecule has 1 aromatic carbocycles. The van der Waals surface area contributed by atoms with Gasteiger partial charge in [0.1, 0.15) is 0 Å². The predicted molar refractivity (Wildman–Crippen MR) is 76.4 cm³/mol. The minimum Gasteiger partial charge on any atom is -0.388 e. The van der Waals surface area contributed by atoms with Gasteiger partial charge in [0.05, 0.1) is 11.1 Å². The Morgan fingerprint density at radius 1 is 1.21 bits per heavy atom. The van der Waals surface area contributed by atoms with E-state index in [0.29, 0.717) is 11.4 Å². The van der Waals surface area contributed by atoms with Gasteiger partial charge in [0.2, 0.25) is 0 Å². The molecular formula is C16H16ClNO. The van der Waals surface area contributed by atoms with Gasteiger partial charge >= 0.3 is 0 Å². The number of benzene rings is 1. The standard InChI is InChI=1S/C16H16ClNO/c17-15-10-18-7-6-13(15)9-16(19)14-5-4-11-2-1-3-12(11)8-14/h4-8,10,16,19H,1-3,9H2. The first-order valence-corrected chi connectivity index (χ1v) is 7.00. The molecular weight excluding hydrogens is 258 g/mol. The van der Waals surface area contributed by atoms with Gasteiger partial charge < -0.3 is 5.11 Å². The quantitative estimate of drug-likeness (QED) is 0.928. The summed E-state index contributed by atoms with van der Waals surface area (Å²) in [5, 5.41) is 11.0. The lowest BCUT2D eigenvalue weighted by Gasteiger charge is -2.13. The zero-order chi connectivity index (χ0) is 13.2. The SMILES string of the molecule is OC(Cc1ccncc1Cl)c1ccc2c(c1)CCC2. The summed E-state index contributed by atoms with van der Waals surface area (Å²) in [5.41, 5.74) is 4.73. The minimum absolute atomic E-state index is 0.509. The second kappa shape index (κ2) is 5.32. The smallest absolute Gasteiger partial charge is 0.0831 e. The maximum atomic E-state index is 10.4. The van der Waals surface area contributed by atoms with Gasteiger partial charge in [0, 0.05) is 18.8 Å². The lowest BCUT2D eigenvalue weighted by atomic mass is 9.98. The maximum absolute atomic E-state index is 10.4. The molecule has 0 saturated carbocycles.